The van der Waals surface area contributed by atoms with Crippen molar-refractivity contribution in [2.75, 3.05) is 30.7 Å². The van der Waals surface area contributed by atoms with Gasteiger partial charge >= 0.3 is 0 Å². The van der Waals surface area contributed by atoms with Gasteiger partial charge in [0.25, 0.3) is 10.0 Å². The third-order valence-corrected chi connectivity index (χ3v) is 8.64. The third kappa shape index (κ3) is 5.26. The van der Waals surface area contributed by atoms with Crippen molar-refractivity contribution >= 4 is 15.7 Å². The highest BCUT2D eigenvalue weighted by Gasteiger charge is 2.37. The van der Waals surface area contributed by atoms with E-state index in [0.29, 0.717) is 36.3 Å². The summed E-state index contributed by atoms with van der Waals surface area (Å²) >= 11 is 0. The average Bonchev–Trinajstić information content (AvgIpc) is 2.81. The number of ether oxygens (including phenoxy) is 2. The van der Waals surface area contributed by atoms with Crippen molar-refractivity contribution in [1.82, 2.24) is 0 Å². The van der Waals surface area contributed by atoms with Gasteiger partial charge in [-0.2, -0.15) is 0 Å². The van der Waals surface area contributed by atoms with E-state index in [4.69, 9.17) is 9.47 Å². The summed E-state index contributed by atoms with van der Waals surface area (Å²) in [4.78, 5) is 0.173. The molecular formula is C27H37NO5S. The molecule has 2 aromatic carbocycles. The first-order valence-electron chi connectivity index (χ1n) is 12.2. The summed E-state index contributed by atoms with van der Waals surface area (Å²) in [7, 11) is -3.81. The van der Waals surface area contributed by atoms with Crippen LogP contribution in [0.3, 0.4) is 0 Å². The van der Waals surface area contributed by atoms with Crippen LogP contribution in [-0.4, -0.2) is 39.9 Å². The molecule has 0 unspecified atom stereocenters. The Morgan fingerprint density at radius 3 is 2.56 bits per heavy atom. The van der Waals surface area contributed by atoms with E-state index in [-0.39, 0.29) is 16.9 Å². The molecule has 7 heteroatoms. The fraction of sp³-hybridized carbons (Fsp3) is 0.556. The van der Waals surface area contributed by atoms with Gasteiger partial charge in [-0.25, -0.2) is 8.42 Å². The fourth-order valence-corrected chi connectivity index (χ4v) is 6.58. The minimum atomic E-state index is -3.81. The number of rotatable bonds is 7. The molecule has 2 aromatic rings. The van der Waals surface area contributed by atoms with Crippen molar-refractivity contribution in [1.29, 1.82) is 0 Å². The summed E-state index contributed by atoms with van der Waals surface area (Å²) in [6, 6.07) is 10.9. The normalized spacial score (nSPS) is 18.7. The highest BCUT2D eigenvalue weighted by Crippen LogP contribution is 2.41. The Hall–Kier alpha value is -2.09. The predicted molar refractivity (Wildman–Crippen MR) is 134 cm³/mol. The van der Waals surface area contributed by atoms with Crippen molar-refractivity contribution in [3.8, 4) is 5.75 Å². The molecule has 1 N–H and O–H groups in total. The van der Waals surface area contributed by atoms with Gasteiger partial charge in [0.2, 0.25) is 0 Å². The Labute approximate surface area is 203 Å². The predicted octanol–water partition coefficient (Wildman–Crippen LogP) is 4.89. The van der Waals surface area contributed by atoms with Gasteiger partial charge in [-0.3, -0.25) is 4.31 Å². The standard InChI is InChI=1S/C27H37NO5S/c1-19(2)21-5-7-25-22(13-21)15-27(3,4)18-28(25)34(30,31)24-6-8-26(23(14-24)16-29)33-17-20-9-11-32-12-10-20/h5-8,13-14,19-20,29H,9-12,15-18H2,1-4H3. The van der Waals surface area contributed by atoms with Crippen molar-refractivity contribution < 1.29 is 23.0 Å². The maximum atomic E-state index is 13.8. The van der Waals surface area contributed by atoms with E-state index in [1.807, 2.05) is 12.1 Å². The van der Waals surface area contributed by atoms with E-state index in [1.54, 1.807) is 18.2 Å². The molecule has 2 aliphatic heterocycles. The first-order valence-corrected chi connectivity index (χ1v) is 13.6. The lowest BCUT2D eigenvalue weighted by molar-refractivity contribution is 0.0494. The minimum Gasteiger partial charge on any atom is -0.493 e. The summed E-state index contributed by atoms with van der Waals surface area (Å²) in [5.41, 5.74) is 3.31. The van der Waals surface area contributed by atoms with Crippen molar-refractivity contribution in [3.63, 3.8) is 0 Å². The highest BCUT2D eigenvalue weighted by atomic mass is 32.2. The Kier molecular flexibility index (Phi) is 7.27. The molecule has 0 aromatic heterocycles. The Morgan fingerprint density at radius 2 is 1.88 bits per heavy atom. The number of hydrogen-bond acceptors (Lipinski definition) is 5. The molecule has 0 bridgehead atoms. The molecule has 0 saturated carbocycles. The summed E-state index contributed by atoms with van der Waals surface area (Å²) in [6.45, 7) is 10.6. The molecule has 6 nitrogen and oxygen atoms in total. The van der Waals surface area contributed by atoms with Crippen LogP contribution in [0.15, 0.2) is 41.3 Å². The number of anilines is 1. The van der Waals surface area contributed by atoms with E-state index < -0.39 is 10.0 Å². The van der Waals surface area contributed by atoms with Crippen LogP contribution in [-0.2, 0) is 27.8 Å². The van der Waals surface area contributed by atoms with E-state index in [0.717, 1.165) is 43.7 Å². The first kappa shape index (κ1) is 25.0. The zero-order valence-electron chi connectivity index (χ0n) is 20.7. The number of aliphatic hydroxyl groups excluding tert-OH is 1. The van der Waals surface area contributed by atoms with E-state index in [1.165, 1.54) is 9.87 Å². The van der Waals surface area contributed by atoms with Crippen LogP contribution in [0.5, 0.6) is 5.75 Å². The van der Waals surface area contributed by atoms with Crippen LogP contribution in [0.2, 0.25) is 0 Å². The van der Waals surface area contributed by atoms with Crippen molar-refractivity contribution in [2.45, 2.75) is 64.4 Å². The number of benzene rings is 2. The maximum Gasteiger partial charge on any atom is 0.264 e. The Balaban J connectivity index is 1.63. The van der Waals surface area contributed by atoms with E-state index in [9.17, 15) is 13.5 Å². The number of sulfonamides is 1. The lowest BCUT2D eigenvalue weighted by Gasteiger charge is -2.40. The quantitative estimate of drug-likeness (QED) is 0.602. The summed E-state index contributed by atoms with van der Waals surface area (Å²) in [5, 5.41) is 9.97. The lowest BCUT2D eigenvalue weighted by atomic mass is 9.81. The molecule has 0 spiro atoms. The molecule has 1 fully saturated rings. The summed E-state index contributed by atoms with van der Waals surface area (Å²) in [6.07, 6.45) is 2.73. The molecule has 0 radical (unpaired) electrons. The molecule has 186 valence electrons. The van der Waals surface area contributed by atoms with Crippen LogP contribution in [0.25, 0.3) is 0 Å². The first-order chi connectivity index (χ1) is 16.1. The zero-order valence-corrected chi connectivity index (χ0v) is 21.5. The van der Waals surface area contributed by atoms with E-state index in [2.05, 4.69) is 33.8 Å². The summed E-state index contributed by atoms with van der Waals surface area (Å²) < 4.78 is 40.6. The van der Waals surface area contributed by atoms with E-state index >= 15 is 0 Å². The third-order valence-electron chi connectivity index (χ3n) is 6.89. The van der Waals surface area contributed by atoms with Gasteiger partial charge in [0.15, 0.2) is 0 Å². The molecule has 0 aliphatic carbocycles. The van der Waals surface area contributed by atoms with Crippen LogP contribution < -0.4 is 9.04 Å². The van der Waals surface area contributed by atoms with Crippen molar-refractivity contribution in [2.24, 2.45) is 11.3 Å². The highest BCUT2D eigenvalue weighted by molar-refractivity contribution is 7.92. The Morgan fingerprint density at radius 1 is 1.15 bits per heavy atom. The molecule has 0 amide bonds. The van der Waals surface area contributed by atoms with Gasteiger partial charge in [-0.1, -0.05) is 39.8 Å². The van der Waals surface area contributed by atoms with Crippen LogP contribution in [0, 0.1) is 11.3 Å². The van der Waals surface area contributed by atoms with Crippen LogP contribution in [0.1, 0.15) is 63.1 Å². The SMILES string of the molecule is CC(C)c1ccc2c(c1)CC(C)(C)CN2S(=O)(=O)c1ccc(OCC2CCOCC2)c(CO)c1. The largest absolute Gasteiger partial charge is 0.493 e. The van der Waals surface area contributed by atoms with Gasteiger partial charge in [-0.15, -0.1) is 0 Å². The van der Waals surface area contributed by atoms with Crippen LogP contribution in [0.4, 0.5) is 5.69 Å². The zero-order chi connectivity index (χ0) is 24.5. The smallest absolute Gasteiger partial charge is 0.264 e. The van der Waals surface area contributed by atoms with Gasteiger partial charge in [0.05, 0.1) is 23.8 Å². The maximum absolute atomic E-state index is 13.8. The van der Waals surface area contributed by atoms with Gasteiger partial charge < -0.3 is 14.6 Å². The van der Waals surface area contributed by atoms with Crippen molar-refractivity contribution in [3.05, 3.63) is 53.1 Å². The lowest BCUT2D eigenvalue weighted by Crippen LogP contribution is -2.44. The monoisotopic (exact) mass is 487 g/mol. The average molecular weight is 488 g/mol. The minimum absolute atomic E-state index is 0.173. The molecule has 2 aliphatic rings. The molecule has 1 saturated heterocycles. The molecule has 2 heterocycles. The molecular weight excluding hydrogens is 450 g/mol. The number of fused-ring (bicyclic) bond motifs is 1. The van der Waals surface area contributed by atoms with Crippen LogP contribution >= 0.6 is 0 Å². The van der Waals surface area contributed by atoms with Gasteiger partial charge in [-0.05, 0) is 71.9 Å². The molecule has 0 atom stereocenters. The second kappa shape index (κ2) is 9.88. The number of nitrogens with zero attached hydrogens (tertiary/aromatic N) is 1. The molecule has 34 heavy (non-hydrogen) atoms. The topological polar surface area (TPSA) is 76.1 Å². The summed E-state index contributed by atoms with van der Waals surface area (Å²) in [5.74, 6) is 1.32. The fourth-order valence-electron chi connectivity index (χ4n) is 4.84. The Bertz CT molecular complexity index is 1120. The van der Waals surface area contributed by atoms with Gasteiger partial charge in [0.1, 0.15) is 5.75 Å². The molecule has 4 rings (SSSR count). The van der Waals surface area contributed by atoms with Gasteiger partial charge in [0, 0.05) is 25.3 Å². The second-order valence-electron chi connectivity index (χ2n) is 10.7. The number of hydrogen-bond donors (Lipinski definition) is 1. The number of aliphatic hydroxyl groups is 1. The second-order valence-corrected chi connectivity index (χ2v) is 12.6.